The second-order valence-electron chi connectivity index (χ2n) is 6.10. The lowest BCUT2D eigenvalue weighted by molar-refractivity contribution is -0.125. The number of anilines is 1. The maximum absolute atomic E-state index is 12.7. The van der Waals surface area contributed by atoms with Crippen LogP contribution in [-0.2, 0) is 4.79 Å². The van der Waals surface area contributed by atoms with Crippen molar-refractivity contribution >= 4 is 23.3 Å². The van der Waals surface area contributed by atoms with Crippen molar-refractivity contribution in [3.63, 3.8) is 0 Å². The molecule has 1 aliphatic rings. The molecule has 2 atom stereocenters. The maximum atomic E-state index is 12.7. The van der Waals surface area contributed by atoms with Gasteiger partial charge in [0.05, 0.1) is 18.2 Å². The van der Waals surface area contributed by atoms with Crippen molar-refractivity contribution in [3.8, 4) is 0 Å². The lowest BCUT2D eigenvalue weighted by Crippen LogP contribution is -2.44. The predicted molar refractivity (Wildman–Crippen MR) is 95.0 cm³/mol. The number of carbonyl (C=O) groups excluding carboxylic acids is 1. The summed E-state index contributed by atoms with van der Waals surface area (Å²) in [4.78, 5) is 23.2. The van der Waals surface area contributed by atoms with E-state index in [-0.39, 0.29) is 17.9 Å². The van der Waals surface area contributed by atoms with E-state index < -0.39 is 0 Å². The summed E-state index contributed by atoms with van der Waals surface area (Å²) >= 11 is 6.22. The summed E-state index contributed by atoms with van der Waals surface area (Å²) in [6, 6.07) is 7.49. The van der Waals surface area contributed by atoms with Crippen LogP contribution >= 0.6 is 11.6 Å². The van der Waals surface area contributed by atoms with Gasteiger partial charge in [0.1, 0.15) is 5.82 Å². The molecule has 24 heavy (non-hydrogen) atoms. The number of carbonyl (C=O) groups is 1. The van der Waals surface area contributed by atoms with Crippen LogP contribution in [0.3, 0.4) is 0 Å². The smallest absolute Gasteiger partial charge is 0.225 e. The van der Waals surface area contributed by atoms with Gasteiger partial charge >= 0.3 is 0 Å². The van der Waals surface area contributed by atoms with Gasteiger partial charge in [0.2, 0.25) is 5.91 Å². The third-order valence-electron chi connectivity index (χ3n) is 4.40. The monoisotopic (exact) mass is 344 g/mol. The molecule has 126 valence electrons. The van der Waals surface area contributed by atoms with E-state index >= 15 is 0 Å². The molecule has 0 aliphatic carbocycles. The zero-order chi connectivity index (χ0) is 16.9. The number of nitrogens with zero attached hydrogens (tertiary/aromatic N) is 3. The minimum atomic E-state index is -0.113. The standard InChI is InChI=1S/C18H21ClN4O/c1-13(15-6-2-3-7-16(15)19)22-18(24)14-5-4-10-23(12-14)17-11-20-8-9-21-17/h2-3,6-9,11,13-14H,4-5,10,12H2,1H3,(H,22,24). The lowest BCUT2D eigenvalue weighted by Gasteiger charge is -2.33. The third kappa shape index (κ3) is 3.85. The average molecular weight is 345 g/mol. The van der Waals surface area contributed by atoms with Gasteiger partial charge in [-0.25, -0.2) is 4.98 Å². The molecule has 0 bridgehead atoms. The molecule has 2 heterocycles. The molecule has 0 spiro atoms. The molecule has 1 fully saturated rings. The second-order valence-corrected chi connectivity index (χ2v) is 6.51. The van der Waals surface area contributed by atoms with Gasteiger partial charge in [0, 0.05) is 30.5 Å². The van der Waals surface area contributed by atoms with E-state index in [2.05, 4.69) is 20.2 Å². The molecule has 0 radical (unpaired) electrons. The van der Waals surface area contributed by atoms with Crippen LogP contribution in [0.15, 0.2) is 42.9 Å². The zero-order valence-electron chi connectivity index (χ0n) is 13.7. The quantitative estimate of drug-likeness (QED) is 0.925. The topological polar surface area (TPSA) is 58.1 Å². The average Bonchev–Trinajstić information content (AvgIpc) is 2.63. The molecule has 0 saturated carbocycles. The van der Waals surface area contributed by atoms with Gasteiger partial charge in [-0.1, -0.05) is 29.8 Å². The van der Waals surface area contributed by atoms with Gasteiger partial charge in [-0.2, -0.15) is 0 Å². The van der Waals surface area contributed by atoms with E-state index in [0.29, 0.717) is 11.6 Å². The van der Waals surface area contributed by atoms with Crippen LogP contribution < -0.4 is 10.2 Å². The summed E-state index contributed by atoms with van der Waals surface area (Å²) in [7, 11) is 0. The molecule has 1 aliphatic heterocycles. The van der Waals surface area contributed by atoms with Crippen molar-refractivity contribution in [1.82, 2.24) is 15.3 Å². The van der Waals surface area contributed by atoms with Crippen molar-refractivity contribution < 1.29 is 4.79 Å². The van der Waals surface area contributed by atoms with Crippen LogP contribution in [0.4, 0.5) is 5.82 Å². The van der Waals surface area contributed by atoms with Crippen LogP contribution in [0.5, 0.6) is 0 Å². The minimum absolute atomic E-state index is 0.0503. The van der Waals surface area contributed by atoms with Crippen LogP contribution in [0.2, 0.25) is 5.02 Å². The Morgan fingerprint density at radius 1 is 1.38 bits per heavy atom. The SMILES string of the molecule is CC(NC(=O)C1CCCN(c2cnccn2)C1)c1ccccc1Cl. The number of halogens is 1. The number of aromatic nitrogens is 2. The highest BCUT2D eigenvalue weighted by Gasteiger charge is 2.27. The lowest BCUT2D eigenvalue weighted by atomic mass is 9.96. The fourth-order valence-electron chi connectivity index (χ4n) is 3.09. The maximum Gasteiger partial charge on any atom is 0.225 e. The highest BCUT2D eigenvalue weighted by Crippen LogP contribution is 2.25. The first-order valence-electron chi connectivity index (χ1n) is 8.21. The van der Waals surface area contributed by atoms with Crippen LogP contribution in [0.25, 0.3) is 0 Å². The van der Waals surface area contributed by atoms with Crippen molar-refractivity contribution in [2.24, 2.45) is 5.92 Å². The normalized spacial score (nSPS) is 18.9. The minimum Gasteiger partial charge on any atom is -0.355 e. The van der Waals surface area contributed by atoms with Gasteiger partial charge < -0.3 is 10.2 Å². The van der Waals surface area contributed by atoms with E-state index in [1.165, 1.54) is 0 Å². The van der Waals surface area contributed by atoms with E-state index in [1.807, 2.05) is 31.2 Å². The fraction of sp³-hybridized carbons (Fsp3) is 0.389. The summed E-state index contributed by atoms with van der Waals surface area (Å²) in [6.07, 6.45) is 6.93. The van der Waals surface area contributed by atoms with Gasteiger partial charge in [0.25, 0.3) is 0 Å². The molecule has 1 N–H and O–H groups in total. The Balaban J connectivity index is 1.63. The number of piperidine rings is 1. The van der Waals surface area contributed by atoms with Crippen molar-refractivity contribution in [2.45, 2.75) is 25.8 Å². The summed E-state index contributed by atoms with van der Waals surface area (Å²) in [5.74, 6) is 0.843. The Hall–Kier alpha value is -2.14. The van der Waals surface area contributed by atoms with Crippen molar-refractivity contribution in [1.29, 1.82) is 0 Å². The fourth-order valence-corrected chi connectivity index (χ4v) is 3.39. The summed E-state index contributed by atoms with van der Waals surface area (Å²) in [5, 5.41) is 3.77. The van der Waals surface area contributed by atoms with Gasteiger partial charge in [0.15, 0.2) is 0 Å². The Kier molecular flexibility index (Phi) is 5.30. The van der Waals surface area contributed by atoms with Crippen molar-refractivity contribution in [2.75, 3.05) is 18.0 Å². The predicted octanol–water partition coefficient (Wildman–Crippen LogP) is 3.22. The van der Waals surface area contributed by atoms with E-state index in [1.54, 1.807) is 18.6 Å². The second kappa shape index (κ2) is 7.62. The van der Waals surface area contributed by atoms with E-state index in [4.69, 9.17) is 11.6 Å². The van der Waals surface area contributed by atoms with Crippen LogP contribution in [-0.4, -0.2) is 29.0 Å². The first-order valence-corrected chi connectivity index (χ1v) is 8.58. The molecular formula is C18H21ClN4O. The number of rotatable bonds is 4. The zero-order valence-corrected chi connectivity index (χ0v) is 14.4. The van der Waals surface area contributed by atoms with Gasteiger partial charge in [-0.3, -0.25) is 9.78 Å². The molecule has 6 heteroatoms. The largest absolute Gasteiger partial charge is 0.355 e. The highest BCUT2D eigenvalue weighted by molar-refractivity contribution is 6.31. The summed E-state index contributed by atoms with van der Waals surface area (Å²) < 4.78 is 0. The third-order valence-corrected chi connectivity index (χ3v) is 4.74. The number of amides is 1. The number of hydrogen-bond acceptors (Lipinski definition) is 4. The van der Waals surface area contributed by atoms with Gasteiger partial charge in [-0.15, -0.1) is 0 Å². The number of benzene rings is 1. The number of nitrogens with one attached hydrogen (secondary N) is 1. The summed E-state index contributed by atoms with van der Waals surface area (Å²) in [6.45, 7) is 3.53. The summed E-state index contributed by atoms with van der Waals surface area (Å²) in [5.41, 5.74) is 0.939. The van der Waals surface area contributed by atoms with Crippen LogP contribution in [0, 0.1) is 5.92 Å². The van der Waals surface area contributed by atoms with Crippen LogP contribution in [0.1, 0.15) is 31.4 Å². The first-order chi connectivity index (χ1) is 11.6. The van der Waals surface area contributed by atoms with Crippen molar-refractivity contribution in [3.05, 3.63) is 53.4 Å². The molecule has 2 unspecified atom stereocenters. The highest BCUT2D eigenvalue weighted by atomic mass is 35.5. The molecule has 3 rings (SSSR count). The van der Waals surface area contributed by atoms with E-state index in [0.717, 1.165) is 30.8 Å². The molecule has 2 aromatic rings. The molecular weight excluding hydrogens is 324 g/mol. The molecule has 1 saturated heterocycles. The Labute approximate surface area is 147 Å². The molecule has 5 nitrogen and oxygen atoms in total. The molecule has 1 aromatic carbocycles. The Morgan fingerprint density at radius 2 is 2.21 bits per heavy atom. The first kappa shape index (κ1) is 16.7. The Bertz CT molecular complexity index is 694. The van der Waals surface area contributed by atoms with E-state index in [9.17, 15) is 4.79 Å². The molecule has 1 amide bonds. The van der Waals surface area contributed by atoms with Gasteiger partial charge in [-0.05, 0) is 31.4 Å². The number of hydrogen-bond donors (Lipinski definition) is 1. The Morgan fingerprint density at radius 3 is 2.96 bits per heavy atom. The molecule has 1 aromatic heterocycles.